The first-order chi connectivity index (χ1) is 12.3. The van der Waals surface area contributed by atoms with Crippen LogP contribution < -0.4 is 10.5 Å². The highest BCUT2D eigenvalue weighted by atomic mass is 32.2. The van der Waals surface area contributed by atoms with E-state index in [4.69, 9.17) is 10.5 Å². The SMILES string of the molecule is COc1cc(-c2c(C#N)c(N)nc(SCC(C)O)c2C#N)cc(O)c1O. The molecule has 0 aliphatic rings. The lowest BCUT2D eigenvalue weighted by atomic mass is 9.96. The number of ether oxygens (including phenoxy) is 1. The molecule has 1 aromatic heterocycles. The third kappa shape index (κ3) is 3.59. The van der Waals surface area contributed by atoms with E-state index in [0.717, 1.165) is 11.8 Å². The molecular formula is C17H16N4O4S. The molecule has 2 rings (SSSR count). The molecule has 9 heteroatoms. The molecular weight excluding hydrogens is 356 g/mol. The van der Waals surface area contributed by atoms with E-state index in [1.54, 1.807) is 6.92 Å². The Morgan fingerprint density at radius 3 is 2.46 bits per heavy atom. The molecule has 0 saturated heterocycles. The number of nitrogen functional groups attached to an aromatic ring is 1. The average molecular weight is 372 g/mol. The van der Waals surface area contributed by atoms with Gasteiger partial charge in [0.25, 0.3) is 0 Å². The second-order valence-corrected chi connectivity index (χ2v) is 6.37. The van der Waals surface area contributed by atoms with Gasteiger partial charge < -0.3 is 25.8 Å². The number of nitrogens with two attached hydrogens (primary N) is 1. The van der Waals surface area contributed by atoms with Crippen molar-refractivity contribution in [1.29, 1.82) is 10.5 Å². The van der Waals surface area contributed by atoms with E-state index in [0.29, 0.717) is 0 Å². The molecule has 0 radical (unpaired) electrons. The highest BCUT2D eigenvalue weighted by Crippen LogP contribution is 2.43. The predicted molar refractivity (Wildman–Crippen MR) is 95.8 cm³/mol. The molecule has 2 aromatic rings. The van der Waals surface area contributed by atoms with Crippen molar-refractivity contribution in [3.8, 4) is 40.5 Å². The van der Waals surface area contributed by atoms with Crippen molar-refractivity contribution in [1.82, 2.24) is 4.98 Å². The van der Waals surface area contributed by atoms with Gasteiger partial charge in [-0.2, -0.15) is 10.5 Å². The second kappa shape index (κ2) is 7.83. The molecule has 1 unspecified atom stereocenters. The van der Waals surface area contributed by atoms with Crippen LogP contribution in [0.5, 0.6) is 17.2 Å². The molecule has 1 heterocycles. The third-order valence-electron chi connectivity index (χ3n) is 3.44. The molecule has 0 fully saturated rings. The van der Waals surface area contributed by atoms with E-state index in [1.807, 2.05) is 12.1 Å². The lowest BCUT2D eigenvalue weighted by Gasteiger charge is -2.15. The van der Waals surface area contributed by atoms with Crippen LogP contribution in [0.3, 0.4) is 0 Å². The van der Waals surface area contributed by atoms with Gasteiger partial charge in [-0.05, 0) is 24.6 Å². The lowest BCUT2D eigenvalue weighted by molar-refractivity contribution is 0.220. The van der Waals surface area contributed by atoms with Crippen molar-refractivity contribution < 1.29 is 20.1 Å². The Balaban J connectivity index is 2.80. The van der Waals surface area contributed by atoms with Crippen molar-refractivity contribution in [3.05, 3.63) is 23.3 Å². The molecule has 8 nitrogen and oxygen atoms in total. The highest BCUT2D eigenvalue weighted by Gasteiger charge is 2.23. The van der Waals surface area contributed by atoms with Crippen LogP contribution >= 0.6 is 11.8 Å². The second-order valence-electron chi connectivity index (χ2n) is 5.36. The van der Waals surface area contributed by atoms with Gasteiger partial charge in [-0.15, -0.1) is 11.8 Å². The van der Waals surface area contributed by atoms with Gasteiger partial charge in [0, 0.05) is 11.3 Å². The van der Waals surface area contributed by atoms with Crippen LogP contribution in [0.2, 0.25) is 0 Å². The zero-order chi connectivity index (χ0) is 19.4. The van der Waals surface area contributed by atoms with Gasteiger partial charge in [0.15, 0.2) is 11.5 Å². The average Bonchev–Trinajstić information content (AvgIpc) is 2.61. The molecule has 1 aromatic carbocycles. The van der Waals surface area contributed by atoms with E-state index in [9.17, 15) is 25.8 Å². The number of methoxy groups -OCH3 is 1. The van der Waals surface area contributed by atoms with Crippen LogP contribution in [-0.4, -0.2) is 39.3 Å². The van der Waals surface area contributed by atoms with Gasteiger partial charge in [0.05, 0.1) is 18.8 Å². The number of hydrogen-bond donors (Lipinski definition) is 4. The standard InChI is InChI=1S/C17H16N4O4S/c1-8(22)7-26-17-11(6-19)14(10(5-18)16(20)21-17)9-3-12(23)15(24)13(4-9)25-2/h3-4,8,22-24H,7H2,1-2H3,(H2,20,21). The number of nitriles is 2. The number of phenols is 2. The summed E-state index contributed by atoms with van der Waals surface area (Å²) in [5.74, 6) is -0.765. The van der Waals surface area contributed by atoms with Gasteiger partial charge in [-0.25, -0.2) is 4.98 Å². The minimum atomic E-state index is -0.633. The summed E-state index contributed by atoms with van der Waals surface area (Å²) in [7, 11) is 1.31. The number of hydrogen-bond acceptors (Lipinski definition) is 9. The summed E-state index contributed by atoms with van der Waals surface area (Å²) in [6, 6.07) is 6.51. The molecule has 0 bridgehead atoms. The fourth-order valence-electron chi connectivity index (χ4n) is 2.28. The van der Waals surface area contributed by atoms with Gasteiger partial charge in [0.2, 0.25) is 5.75 Å². The quantitative estimate of drug-likeness (QED) is 0.455. The zero-order valence-electron chi connectivity index (χ0n) is 14.0. The van der Waals surface area contributed by atoms with Gasteiger partial charge in [-0.3, -0.25) is 0 Å². The first-order valence-electron chi connectivity index (χ1n) is 7.38. The van der Waals surface area contributed by atoms with E-state index >= 15 is 0 Å². The van der Waals surface area contributed by atoms with Crippen molar-refractivity contribution >= 4 is 17.6 Å². The number of anilines is 1. The van der Waals surface area contributed by atoms with Crippen LogP contribution in [0.25, 0.3) is 11.1 Å². The number of benzene rings is 1. The number of rotatable bonds is 5. The number of pyridine rings is 1. The fraction of sp³-hybridized carbons (Fsp3) is 0.235. The Kier molecular flexibility index (Phi) is 5.78. The third-order valence-corrected chi connectivity index (χ3v) is 4.66. The topological polar surface area (TPSA) is 156 Å². The number of aromatic nitrogens is 1. The molecule has 0 aliphatic heterocycles. The lowest BCUT2D eigenvalue weighted by Crippen LogP contribution is -2.07. The maximum Gasteiger partial charge on any atom is 0.200 e. The van der Waals surface area contributed by atoms with Crippen molar-refractivity contribution in [3.63, 3.8) is 0 Å². The predicted octanol–water partition coefficient (Wildman–Crippen LogP) is 1.97. The Morgan fingerprint density at radius 2 is 1.92 bits per heavy atom. The smallest absolute Gasteiger partial charge is 0.200 e. The van der Waals surface area contributed by atoms with E-state index in [2.05, 4.69) is 4.98 Å². The Morgan fingerprint density at radius 1 is 1.27 bits per heavy atom. The molecule has 0 amide bonds. The normalized spacial score (nSPS) is 11.4. The van der Waals surface area contributed by atoms with Crippen LogP contribution in [0.1, 0.15) is 18.1 Å². The Hall–Kier alpha value is -3.14. The van der Waals surface area contributed by atoms with E-state index in [1.165, 1.54) is 19.2 Å². The van der Waals surface area contributed by atoms with Gasteiger partial charge in [0.1, 0.15) is 28.5 Å². The Bertz CT molecular complexity index is 932. The minimum absolute atomic E-state index is 0.0265. The number of aliphatic hydroxyl groups is 1. The van der Waals surface area contributed by atoms with Gasteiger partial charge in [-0.1, -0.05) is 0 Å². The maximum absolute atomic E-state index is 9.93. The largest absolute Gasteiger partial charge is 0.504 e. The molecule has 26 heavy (non-hydrogen) atoms. The molecule has 5 N–H and O–H groups in total. The van der Waals surface area contributed by atoms with Crippen molar-refractivity contribution in [2.75, 3.05) is 18.6 Å². The number of thioether (sulfide) groups is 1. The number of nitrogens with zero attached hydrogens (tertiary/aromatic N) is 3. The van der Waals surface area contributed by atoms with Crippen molar-refractivity contribution in [2.24, 2.45) is 0 Å². The zero-order valence-corrected chi connectivity index (χ0v) is 14.8. The summed E-state index contributed by atoms with van der Waals surface area (Å²) in [5, 5.41) is 48.6. The Labute approximate surface area is 154 Å². The maximum atomic E-state index is 9.93. The summed E-state index contributed by atoms with van der Waals surface area (Å²) in [6.07, 6.45) is -0.633. The summed E-state index contributed by atoms with van der Waals surface area (Å²) in [6.45, 7) is 1.59. The fourth-order valence-corrected chi connectivity index (χ4v) is 3.14. The summed E-state index contributed by atoms with van der Waals surface area (Å²) in [5.41, 5.74) is 6.35. The molecule has 1 atom stereocenters. The molecule has 0 aliphatic carbocycles. The van der Waals surface area contributed by atoms with Crippen LogP contribution in [0.4, 0.5) is 5.82 Å². The highest BCUT2D eigenvalue weighted by molar-refractivity contribution is 7.99. The number of phenolic OH excluding ortho intramolecular Hbond substituents is 2. The minimum Gasteiger partial charge on any atom is -0.504 e. The molecule has 0 spiro atoms. The first kappa shape index (κ1) is 19.2. The monoisotopic (exact) mass is 372 g/mol. The van der Waals surface area contributed by atoms with Crippen molar-refractivity contribution in [2.45, 2.75) is 18.1 Å². The summed E-state index contributed by atoms with van der Waals surface area (Å²) < 4.78 is 5.01. The van der Waals surface area contributed by atoms with E-state index < -0.39 is 17.6 Å². The summed E-state index contributed by atoms with van der Waals surface area (Å²) in [4.78, 5) is 4.10. The molecule has 134 valence electrons. The molecule has 0 saturated carbocycles. The van der Waals surface area contributed by atoms with Crippen LogP contribution in [-0.2, 0) is 0 Å². The van der Waals surface area contributed by atoms with Gasteiger partial charge >= 0.3 is 0 Å². The van der Waals surface area contributed by atoms with Crippen LogP contribution in [0.15, 0.2) is 17.2 Å². The van der Waals surface area contributed by atoms with E-state index in [-0.39, 0.29) is 44.6 Å². The first-order valence-corrected chi connectivity index (χ1v) is 8.37. The van der Waals surface area contributed by atoms with Crippen LogP contribution in [0, 0.1) is 22.7 Å². The number of aliphatic hydroxyl groups excluding tert-OH is 1. The summed E-state index contributed by atoms with van der Waals surface area (Å²) >= 11 is 1.12. The number of aromatic hydroxyl groups is 2.